The zero-order valence-electron chi connectivity index (χ0n) is 15.1. The number of benzene rings is 1. The molecule has 0 spiro atoms. The molecule has 1 rings (SSSR count). The van der Waals surface area contributed by atoms with Crippen molar-refractivity contribution < 1.29 is 14.4 Å². The molecule has 0 fully saturated rings. The molecule has 1 aromatic carbocycles. The second-order valence-corrected chi connectivity index (χ2v) is 5.67. The maximum Gasteiger partial charge on any atom is 0.294 e. The number of guanidine groups is 1. The molecule has 0 aliphatic rings. The Balaban J connectivity index is 3.30. The van der Waals surface area contributed by atoms with Gasteiger partial charge in [-0.05, 0) is 14.1 Å². The number of nitrogens with two attached hydrogens (primary N) is 2. The van der Waals surface area contributed by atoms with Gasteiger partial charge in [-0.1, -0.05) is 0 Å². The zero-order valence-corrected chi connectivity index (χ0v) is 15.1. The highest BCUT2D eigenvalue weighted by Crippen LogP contribution is 2.39. The smallest absolute Gasteiger partial charge is 0.294 e. The van der Waals surface area contributed by atoms with Gasteiger partial charge in [-0.2, -0.15) is 0 Å². The SMILES string of the molecule is COCCOc1cc(N(C)CCN(C)C)c([N+](=O)[O-])cc1N=C(N)N. The van der Waals surface area contributed by atoms with E-state index in [2.05, 4.69) is 4.99 Å². The van der Waals surface area contributed by atoms with Crippen molar-refractivity contribution in [3.8, 4) is 5.75 Å². The number of hydrogen-bond donors (Lipinski definition) is 2. The lowest BCUT2D eigenvalue weighted by Gasteiger charge is -2.22. The van der Waals surface area contributed by atoms with Gasteiger partial charge < -0.3 is 30.7 Å². The lowest BCUT2D eigenvalue weighted by Crippen LogP contribution is -2.29. The van der Waals surface area contributed by atoms with Crippen LogP contribution in [0.25, 0.3) is 0 Å². The minimum absolute atomic E-state index is 0.0969. The summed E-state index contributed by atoms with van der Waals surface area (Å²) in [5.74, 6) is 0.141. The second kappa shape index (κ2) is 9.64. The molecule has 0 bridgehead atoms. The molecule has 0 aromatic heterocycles. The van der Waals surface area contributed by atoms with Crippen molar-refractivity contribution in [3.05, 3.63) is 22.2 Å². The van der Waals surface area contributed by atoms with Crippen LogP contribution >= 0.6 is 0 Å². The van der Waals surface area contributed by atoms with Crippen molar-refractivity contribution in [1.29, 1.82) is 0 Å². The number of aliphatic imine (C=N–C) groups is 1. The van der Waals surface area contributed by atoms with Gasteiger partial charge in [0.05, 0.1) is 11.5 Å². The largest absolute Gasteiger partial charge is 0.489 e. The molecule has 25 heavy (non-hydrogen) atoms. The Morgan fingerprint density at radius 2 is 1.92 bits per heavy atom. The Bertz CT molecular complexity index is 616. The Morgan fingerprint density at radius 1 is 1.24 bits per heavy atom. The van der Waals surface area contributed by atoms with Crippen molar-refractivity contribution in [2.24, 2.45) is 16.5 Å². The van der Waals surface area contributed by atoms with Gasteiger partial charge in [0, 0.05) is 39.4 Å². The van der Waals surface area contributed by atoms with E-state index in [1.165, 1.54) is 6.07 Å². The predicted octanol–water partition coefficient (Wildman–Crippen LogP) is 0.523. The van der Waals surface area contributed by atoms with E-state index >= 15 is 0 Å². The summed E-state index contributed by atoms with van der Waals surface area (Å²) in [6.07, 6.45) is 0. The van der Waals surface area contributed by atoms with Crippen LogP contribution in [0.2, 0.25) is 0 Å². The molecule has 0 saturated heterocycles. The number of hydrogen-bond acceptors (Lipinski definition) is 7. The lowest BCUT2D eigenvalue weighted by atomic mass is 10.2. The third-order valence-electron chi connectivity index (χ3n) is 3.34. The fourth-order valence-corrected chi connectivity index (χ4v) is 2.05. The Hall–Kier alpha value is -2.59. The third-order valence-corrected chi connectivity index (χ3v) is 3.34. The van der Waals surface area contributed by atoms with Crippen LogP contribution in [-0.2, 0) is 4.74 Å². The molecule has 1 aromatic rings. The number of anilines is 1. The van der Waals surface area contributed by atoms with E-state index in [1.807, 2.05) is 19.0 Å². The molecule has 0 heterocycles. The standard InChI is InChI=1S/C15H26N6O4/c1-19(2)5-6-20(3)12-10-14(25-8-7-24-4)11(18-15(16)17)9-13(12)21(22)23/h9-10H,5-8H2,1-4H3,(H4,16,17,18). The number of methoxy groups -OCH3 is 1. The molecule has 0 radical (unpaired) electrons. The summed E-state index contributed by atoms with van der Waals surface area (Å²) in [7, 11) is 7.20. The monoisotopic (exact) mass is 354 g/mol. The summed E-state index contributed by atoms with van der Waals surface area (Å²) in [5.41, 5.74) is 11.4. The van der Waals surface area contributed by atoms with Crippen LogP contribution in [-0.4, -0.2) is 70.3 Å². The first-order valence-corrected chi connectivity index (χ1v) is 7.66. The molecule has 10 nitrogen and oxygen atoms in total. The van der Waals surface area contributed by atoms with Crippen LogP contribution < -0.4 is 21.1 Å². The van der Waals surface area contributed by atoms with Gasteiger partial charge in [-0.3, -0.25) is 10.1 Å². The molecular formula is C15H26N6O4. The normalized spacial score (nSPS) is 10.6. The van der Waals surface area contributed by atoms with Crippen LogP contribution in [0.4, 0.5) is 17.1 Å². The first kappa shape index (κ1) is 20.5. The second-order valence-electron chi connectivity index (χ2n) is 5.67. The topological polar surface area (TPSA) is 132 Å². The summed E-state index contributed by atoms with van der Waals surface area (Å²) < 4.78 is 10.6. The molecule has 0 atom stereocenters. The van der Waals surface area contributed by atoms with Crippen molar-refractivity contribution in [1.82, 2.24) is 4.90 Å². The van der Waals surface area contributed by atoms with Crippen LogP contribution in [0.3, 0.4) is 0 Å². The quantitative estimate of drug-likeness (QED) is 0.204. The van der Waals surface area contributed by atoms with Gasteiger partial charge in [-0.25, -0.2) is 4.99 Å². The van der Waals surface area contributed by atoms with Crippen molar-refractivity contribution >= 4 is 23.0 Å². The average Bonchev–Trinajstić information content (AvgIpc) is 2.52. The summed E-state index contributed by atoms with van der Waals surface area (Å²) in [6.45, 7) is 1.97. The van der Waals surface area contributed by atoms with Crippen molar-refractivity contribution in [2.45, 2.75) is 0 Å². The average molecular weight is 354 g/mol. The molecule has 4 N–H and O–H groups in total. The molecule has 0 amide bonds. The number of likely N-dealkylation sites (N-methyl/N-ethyl adjacent to an activating group) is 2. The molecule has 0 aliphatic carbocycles. The number of nitrogens with zero attached hydrogens (tertiary/aromatic N) is 4. The predicted molar refractivity (Wildman–Crippen MR) is 97.8 cm³/mol. The zero-order chi connectivity index (χ0) is 19.0. The van der Waals surface area contributed by atoms with E-state index in [-0.39, 0.29) is 23.9 Å². The summed E-state index contributed by atoms with van der Waals surface area (Å²) in [5, 5.41) is 11.5. The van der Waals surface area contributed by atoms with Gasteiger partial charge in [0.1, 0.15) is 23.7 Å². The van der Waals surface area contributed by atoms with Crippen LogP contribution in [0, 0.1) is 10.1 Å². The maximum absolute atomic E-state index is 11.5. The lowest BCUT2D eigenvalue weighted by molar-refractivity contribution is -0.384. The van der Waals surface area contributed by atoms with Gasteiger partial charge in [0.25, 0.3) is 5.69 Å². The first-order chi connectivity index (χ1) is 11.8. The van der Waals surface area contributed by atoms with Crippen molar-refractivity contribution in [2.75, 3.05) is 59.5 Å². The molecule has 140 valence electrons. The number of ether oxygens (including phenoxy) is 2. The fourth-order valence-electron chi connectivity index (χ4n) is 2.05. The highest BCUT2D eigenvalue weighted by atomic mass is 16.6. The van der Waals surface area contributed by atoms with Crippen LogP contribution in [0.15, 0.2) is 17.1 Å². The van der Waals surface area contributed by atoms with E-state index in [9.17, 15) is 10.1 Å². The van der Waals surface area contributed by atoms with E-state index < -0.39 is 4.92 Å². The van der Waals surface area contributed by atoms with Gasteiger partial charge in [-0.15, -0.1) is 0 Å². The summed E-state index contributed by atoms with van der Waals surface area (Å²) in [4.78, 5) is 18.7. The molecule has 0 unspecified atom stereocenters. The van der Waals surface area contributed by atoms with Crippen LogP contribution in [0.5, 0.6) is 5.75 Å². The maximum atomic E-state index is 11.5. The van der Waals surface area contributed by atoms with Crippen molar-refractivity contribution in [3.63, 3.8) is 0 Å². The van der Waals surface area contributed by atoms with E-state index in [4.69, 9.17) is 20.9 Å². The van der Waals surface area contributed by atoms with E-state index in [1.54, 1.807) is 25.1 Å². The van der Waals surface area contributed by atoms with Gasteiger partial charge >= 0.3 is 0 Å². The minimum atomic E-state index is -0.466. The number of rotatable bonds is 10. The van der Waals surface area contributed by atoms with E-state index in [0.29, 0.717) is 24.6 Å². The van der Waals surface area contributed by atoms with Gasteiger partial charge in [0.2, 0.25) is 0 Å². The highest BCUT2D eigenvalue weighted by Gasteiger charge is 2.22. The fraction of sp³-hybridized carbons (Fsp3) is 0.533. The third kappa shape index (κ3) is 6.43. The molecular weight excluding hydrogens is 328 g/mol. The Morgan fingerprint density at radius 3 is 2.44 bits per heavy atom. The number of nitro groups is 1. The highest BCUT2D eigenvalue weighted by molar-refractivity contribution is 5.82. The van der Waals surface area contributed by atoms with Crippen LogP contribution in [0.1, 0.15) is 0 Å². The summed E-state index contributed by atoms with van der Waals surface area (Å²) in [6, 6.07) is 2.88. The molecule has 10 heteroatoms. The summed E-state index contributed by atoms with van der Waals surface area (Å²) >= 11 is 0. The molecule has 0 aliphatic heterocycles. The van der Waals surface area contributed by atoms with E-state index in [0.717, 1.165) is 6.54 Å². The Labute approximate surface area is 147 Å². The Kier molecular flexibility index (Phi) is 7.89. The number of nitro benzene ring substituents is 1. The first-order valence-electron chi connectivity index (χ1n) is 7.66. The molecule has 0 saturated carbocycles. The van der Waals surface area contributed by atoms with Gasteiger partial charge in [0.15, 0.2) is 5.96 Å². The minimum Gasteiger partial charge on any atom is -0.489 e.